The Bertz CT molecular complexity index is 465. The van der Waals surface area contributed by atoms with Gasteiger partial charge in [-0.05, 0) is 51.3 Å². The number of methoxy groups -OCH3 is 1. The van der Waals surface area contributed by atoms with Gasteiger partial charge >= 0.3 is 5.97 Å². The molecular formula is C19H30O4. The molecule has 1 aromatic rings. The van der Waals surface area contributed by atoms with E-state index in [0.29, 0.717) is 19.6 Å². The van der Waals surface area contributed by atoms with Crippen molar-refractivity contribution in [3.63, 3.8) is 0 Å². The zero-order valence-electron chi connectivity index (χ0n) is 15.1. The third-order valence-electron chi connectivity index (χ3n) is 3.83. The van der Waals surface area contributed by atoms with Crippen molar-refractivity contribution in [3.05, 3.63) is 29.8 Å². The van der Waals surface area contributed by atoms with E-state index >= 15 is 0 Å². The molecule has 0 radical (unpaired) electrons. The van der Waals surface area contributed by atoms with Gasteiger partial charge in [-0.2, -0.15) is 0 Å². The maximum absolute atomic E-state index is 12.2. The van der Waals surface area contributed by atoms with E-state index in [1.165, 1.54) is 0 Å². The number of unbranched alkanes of at least 4 members (excludes halogenated alkanes) is 1. The van der Waals surface area contributed by atoms with Gasteiger partial charge in [-0.15, -0.1) is 0 Å². The molecule has 0 saturated heterocycles. The SMILES string of the molecule is CCCCOC(CC(C)(C)C(=O)OCC)c1ccc(OC)cc1. The molecule has 4 heteroatoms. The van der Waals surface area contributed by atoms with Gasteiger partial charge in [0.05, 0.1) is 25.2 Å². The predicted molar refractivity (Wildman–Crippen MR) is 91.6 cm³/mol. The van der Waals surface area contributed by atoms with Gasteiger partial charge in [-0.1, -0.05) is 25.5 Å². The Labute approximate surface area is 140 Å². The van der Waals surface area contributed by atoms with Crippen molar-refractivity contribution in [1.29, 1.82) is 0 Å². The van der Waals surface area contributed by atoms with Gasteiger partial charge in [-0.25, -0.2) is 0 Å². The Morgan fingerprint density at radius 3 is 2.35 bits per heavy atom. The normalized spacial score (nSPS) is 12.7. The average Bonchev–Trinajstić information content (AvgIpc) is 2.54. The molecule has 4 nitrogen and oxygen atoms in total. The second kappa shape index (κ2) is 9.56. The van der Waals surface area contributed by atoms with Crippen LogP contribution in [0.5, 0.6) is 5.75 Å². The van der Waals surface area contributed by atoms with Crippen LogP contribution in [0.2, 0.25) is 0 Å². The fraction of sp³-hybridized carbons (Fsp3) is 0.632. The Kier molecular flexibility index (Phi) is 8.10. The third-order valence-corrected chi connectivity index (χ3v) is 3.83. The Morgan fingerprint density at radius 2 is 1.83 bits per heavy atom. The van der Waals surface area contributed by atoms with E-state index in [2.05, 4.69) is 6.92 Å². The minimum absolute atomic E-state index is 0.133. The van der Waals surface area contributed by atoms with Crippen LogP contribution in [-0.4, -0.2) is 26.3 Å². The van der Waals surface area contributed by atoms with Gasteiger partial charge < -0.3 is 14.2 Å². The molecule has 1 atom stereocenters. The maximum atomic E-state index is 12.2. The number of ether oxygens (including phenoxy) is 3. The highest BCUT2D eigenvalue weighted by Gasteiger charge is 2.33. The van der Waals surface area contributed by atoms with E-state index in [1.54, 1.807) is 7.11 Å². The molecule has 23 heavy (non-hydrogen) atoms. The lowest BCUT2D eigenvalue weighted by Gasteiger charge is -2.28. The molecular weight excluding hydrogens is 292 g/mol. The highest BCUT2D eigenvalue weighted by molar-refractivity contribution is 5.75. The molecule has 0 aliphatic rings. The molecule has 0 fully saturated rings. The molecule has 0 bridgehead atoms. The second-order valence-electron chi connectivity index (χ2n) is 6.29. The lowest BCUT2D eigenvalue weighted by molar-refractivity contribution is -0.155. The first kappa shape index (κ1) is 19.5. The first-order chi connectivity index (χ1) is 10.9. The molecule has 0 amide bonds. The predicted octanol–water partition coefficient (Wildman–Crippen LogP) is 4.53. The molecule has 0 aliphatic heterocycles. The van der Waals surface area contributed by atoms with Gasteiger partial charge in [0, 0.05) is 6.61 Å². The standard InChI is InChI=1S/C19H30O4/c1-6-8-13-23-17(14-19(3,4)18(20)22-7-2)15-9-11-16(21-5)12-10-15/h9-12,17H,6-8,13-14H2,1-5H3. The van der Waals surface area contributed by atoms with Crippen molar-refractivity contribution in [2.75, 3.05) is 20.3 Å². The summed E-state index contributed by atoms with van der Waals surface area (Å²) in [4.78, 5) is 12.2. The highest BCUT2D eigenvalue weighted by Crippen LogP contribution is 2.34. The summed E-state index contributed by atoms with van der Waals surface area (Å²) in [6.07, 6.45) is 2.54. The van der Waals surface area contributed by atoms with E-state index in [4.69, 9.17) is 14.2 Å². The zero-order chi connectivity index (χ0) is 17.3. The molecule has 0 spiro atoms. The van der Waals surface area contributed by atoms with Crippen molar-refractivity contribution in [3.8, 4) is 5.75 Å². The smallest absolute Gasteiger partial charge is 0.311 e. The molecule has 0 aromatic heterocycles. The Balaban J connectivity index is 2.88. The van der Waals surface area contributed by atoms with Crippen LogP contribution in [0.25, 0.3) is 0 Å². The van der Waals surface area contributed by atoms with Crippen LogP contribution < -0.4 is 4.74 Å². The second-order valence-corrected chi connectivity index (χ2v) is 6.29. The van der Waals surface area contributed by atoms with E-state index < -0.39 is 5.41 Å². The fourth-order valence-corrected chi connectivity index (χ4v) is 2.33. The molecule has 0 saturated carbocycles. The molecule has 0 aliphatic carbocycles. The molecule has 0 heterocycles. The minimum Gasteiger partial charge on any atom is -0.497 e. The number of hydrogen-bond acceptors (Lipinski definition) is 4. The molecule has 1 rings (SSSR count). The van der Waals surface area contributed by atoms with Gasteiger partial charge in [0.1, 0.15) is 5.75 Å². The third kappa shape index (κ3) is 6.22. The summed E-state index contributed by atoms with van der Waals surface area (Å²) in [5.74, 6) is 0.628. The van der Waals surface area contributed by atoms with Crippen LogP contribution >= 0.6 is 0 Å². The first-order valence-corrected chi connectivity index (χ1v) is 8.37. The monoisotopic (exact) mass is 322 g/mol. The number of carbonyl (C=O) groups is 1. The molecule has 1 aromatic carbocycles. The fourth-order valence-electron chi connectivity index (χ4n) is 2.33. The van der Waals surface area contributed by atoms with Crippen LogP contribution in [0.4, 0.5) is 0 Å². The number of esters is 1. The van der Waals surface area contributed by atoms with Crippen LogP contribution in [0.1, 0.15) is 58.6 Å². The Hall–Kier alpha value is -1.55. The van der Waals surface area contributed by atoms with E-state index in [0.717, 1.165) is 24.2 Å². The molecule has 1 unspecified atom stereocenters. The minimum atomic E-state index is -0.590. The lowest BCUT2D eigenvalue weighted by atomic mass is 9.84. The topological polar surface area (TPSA) is 44.8 Å². The van der Waals surface area contributed by atoms with Crippen molar-refractivity contribution in [2.24, 2.45) is 5.41 Å². The summed E-state index contributed by atoms with van der Waals surface area (Å²) >= 11 is 0. The van der Waals surface area contributed by atoms with Crippen LogP contribution in [0.15, 0.2) is 24.3 Å². The lowest BCUT2D eigenvalue weighted by Crippen LogP contribution is -2.29. The van der Waals surface area contributed by atoms with Gasteiger partial charge in [0.2, 0.25) is 0 Å². The van der Waals surface area contributed by atoms with Crippen molar-refractivity contribution in [2.45, 2.75) is 53.1 Å². The molecule has 130 valence electrons. The number of carbonyl (C=O) groups excluding carboxylic acids is 1. The summed E-state index contributed by atoms with van der Waals surface area (Å²) < 4.78 is 16.5. The number of hydrogen-bond donors (Lipinski definition) is 0. The first-order valence-electron chi connectivity index (χ1n) is 8.37. The zero-order valence-corrected chi connectivity index (χ0v) is 15.1. The number of benzene rings is 1. The summed E-state index contributed by atoms with van der Waals surface area (Å²) in [5, 5.41) is 0. The van der Waals surface area contributed by atoms with Gasteiger partial charge in [-0.3, -0.25) is 4.79 Å². The van der Waals surface area contributed by atoms with Crippen LogP contribution in [0, 0.1) is 5.41 Å². The summed E-state index contributed by atoms with van der Waals surface area (Å²) in [6.45, 7) is 8.86. The van der Waals surface area contributed by atoms with E-state index in [1.807, 2.05) is 45.0 Å². The van der Waals surface area contributed by atoms with Gasteiger partial charge in [0.25, 0.3) is 0 Å². The van der Waals surface area contributed by atoms with Crippen LogP contribution in [0.3, 0.4) is 0 Å². The van der Waals surface area contributed by atoms with Crippen molar-refractivity contribution < 1.29 is 19.0 Å². The van der Waals surface area contributed by atoms with Gasteiger partial charge in [0.15, 0.2) is 0 Å². The Morgan fingerprint density at radius 1 is 1.17 bits per heavy atom. The average molecular weight is 322 g/mol. The summed E-state index contributed by atoms with van der Waals surface area (Å²) in [5.41, 5.74) is 0.464. The van der Waals surface area contributed by atoms with Crippen molar-refractivity contribution in [1.82, 2.24) is 0 Å². The maximum Gasteiger partial charge on any atom is 0.311 e. The van der Waals surface area contributed by atoms with Crippen molar-refractivity contribution >= 4 is 5.97 Å². The molecule has 0 N–H and O–H groups in total. The number of rotatable bonds is 10. The van der Waals surface area contributed by atoms with E-state index in [-0.39, 0.29) is 12.1 Å². The van der Waals surface area contributed by atoms with E-state index in [9.17, 15) is 4.79 Å². The highest BCUT2D eigenvalue weighted by atomic mass is 16.5. The summed E-state index contributed by atoms with van der Waals surface area (Å²) in [7, 11) is 1.65. The summed E-state index contributed by atoms with van der Waals surface area (Å²) in [6, 6.07) is 7.83. The largest absolute Gasteiger partial charge is 0.497 e. The van der Waals surface area contributed by atoms with Crippen LogP contribution in [-0.2, 0) is 14.3 Å². The quantitative estimate of drug-likeness (QED) is 0.469.